The topological polar surface area (TPSA) is 29.5 Å². The van der Waals surface area contributed by atoms with E-state index in [0.717, 1.165) is 44.6 Å². The third-order valence-corrected chi connectivity index (χ3v) is 1.95. The molecule has 0 saturated carbocycles. The maximum Gasteiger partial charge on any atom is 0.147 e. The number of carbonyl (C=O) groups excluding carboxylic acids is 1. The summed E-state index contributed by atoms with van der Waals surface area (Å²) in [5.41, 5.74) is 0.858. The van der Waals surface area contributed by atoms with Crippen LogP contribution >= 0.6 is 0 Å². The van der Waals surface area contributed by atoms with Gasteiger partial charge in [-0.25, -0.2) is 0 Å². The van der Waals surface area contributed by atoms with Gasteiger partial charge in [-0.3, -0.25) is 4.79 Å². The van der Waals surface area contributed by atoms with Gasteiger partial charge in [-0.2, -0.15) is 0 Å². The summed E-state index contributed by atoms with van der Waals surface area (Å²) in [6, 6.07) is 0. The van der Waals surface area contributed by atoms with Gasteiger partial charge in [-0.1, -0.05) is 6.92 Å². The molecule has 1 heterocycles. The fraction of sp³-hybridized carbons (Fsp3) is 0.667. The van der Waals surface area contributed by atoms with Crippen molar-refractivity contribution >= 4 is 6.29 Å². The average Bonchev–Trinajstić information content (AvgIpc) is 2.16. The SMILES string of the molecule is CC/C(C=O)=C/N1CCOCC1. The molecule has 0 aliphatic carbocycles. The Morgan fingerprint density at radius 1 is 1.50 bits per heavy atom. The lowest BCUT2D eigenvalue weighted by atomic mass is 10.2. The van der Waals surface area contributed by atoms with Gasteiger partial charge in [0.15, 0.2) is 0 Å². The van der Waals surface area contributed by atoms with Crippen molar-refractivity contribution in [3.8, 4) is 0 Å². The molecule has 0 radical (unpaired) electrons. The summed E-state index contributed by atoms with van der Waals surface area (Å²) >= 11 is 0. The number of nitrogens with zero attached hydrogens (tertiary/aromatic N) is 1. The van der Waals surface area contributed by atoms with E-state index in [1.807, 2.05) is 13.1 Å². The summed E-state index contributed by atoms with van der Waals surface area (Å²) in [4.78, 5) is 12.6. The Bertz CT molecular complexity index is 171. The van der Waals surface area contributed by atoms with Crippen LogP contribution in [-0.2, 0) is 9.53 Å². The van der Waals surface area contributed by atoms with E-state index in [4.69, 9.17) is 4.74 Å². The molecule has 1 rings (SSSR count). The van der Waals surface area contributed by atoms with E-state index in [2.05, 4.69) is 4.90 Å². The lowest BCUT2D eigenvalue weighted by molar-refractivity contribution is -0.105. The minimum absolute atomic E-state index is 0.770. The minimum atomic E-state index is 0.770. The maximum atomic E-state index is 10.5. The van der Waals surface area contributed by atoms with Crippen LogP contribution in [0.2, 0.25) is 0 Å². The second-order valence-electron chi connectivity index (χ2n) is 2.82. The van der Waals surface area contributed by atoms with E-state index in [0.29, 0.717) is 0 Å². The number of rotatable bonds is 3. The van der Waals surface area contributed by atoms with Crippen LogP contribution in [0, 0.1) is 0 Å². The van der Waals surface area contributed by atoms with Gasteiger partial charge in [-0.15, -0.1) is 0 Å². The highest BCUT2D eigenvalue weighted by Gasteiger charge is 2.06. The standard InChI is InChI=1S/C9H15NO2/c1-2-9(8-11)7-10-3-5-12-6-4-10/h7-8H,2-6H2,1H3/b9-7-. The Morgan fingerprint density at radius 2 is 2.17 bits per heavy atom. The second kappa shape index (κ2) is 4.93. The van der Waals surface area contributed by atoms with Crippen LogP contribution in [-0.4, -0.2) is 37.5 Å². The molecule has 3 nitrogen and oxygen atoms in total. The first kappa shape index (κ1) is 9.26. The van der Waals surface area contributed by atoms with Gasteiger partial charge in [0.25, 0.3) is 0 Å². The molecular weight excluding hydrogens is 154 g/mol. The summed E-state index contributed by atoms with van der Waals surface area (Å²) in [6.07, 6.45) is 3.67. The van der Waals surface area contributed by atoms with Crippen molar-refractivity contribution in [3.05, 3.63) is 11.8 Å². The Morgan fingerprint density at radius 3 is 2.67 bits per heavy atom. The molecule has 1 fully saturated rings. The van der Waals surface area contributed by atoms with Crippen LogP contribution in [0.1, 0.15) is 13.3 Å². The smallest absolute Gasteiger partial charge is 0.147 e. The largest absolute Gasteiger partial charge is 0.378 e. The monoisotopic (exact) mass is 169 g/mol. The van der Waals surface area contributed by atoms with Crippen molar-refractivity contribution in [1.82, 2.24) is 4.90 Å². The molecule has 0 unspecified atom stereocenters. The molecule has 68 valence electrons. The van der Waals surface area contributed by atoms with Gasteiger partial charge in [0.1, 0.15) is 6.29 Å². The number of allylic oxidation sites excluding steroid dienone is 1. The Hall–Kier alpha value is -0.830. The van der Waals surface area contributed by atoms with Crippen LogP contribution in [0.25, 0.3) is 0 Å². The predicted molar refractivity (Wildman–Crippen MR) is 46.8 cm³/mol. The van der Waals surface area contributed by atoms with Gasteiger partial charge >= 0.3 is 0 Å². The number of hydrogen-bond acceptors (Lipinski definition) is 3. The molecule has 0 bridgehead atoms. The molecule has 0 aromatic heterocycles. The first-order valence-electron chi connectivity index (χ1n) is 4.34. The molecule has 3 heteroatoms. The summed E-state index contributed by atoms with van der Waals surface area (Å²) in [7, 11) is 0. The van der Waals surface area contributed by atoms with Crippen molar-refractivity contribution in [1.29, 1.82) is 0 Å². The van der Waals surface area contributed by atoms with Crippen molar-refractivity contribution in [3.63, 3.8) is 0 Å². The molecule has 1 aliphatic heterocycles. The number of morpholine rings is 1. The highest BCUT2D eigenvalue weighted by atomic mass is 16.5. The first-order chi connectivity index (χ1) is 5.86. The number of ether oxygens (including phenoxy) is 1. The molecule has 0 N–H and O–H groups in total. The number of carbonyl (C=O) groups is 1. The molecule has 0 spiro atoms. The fourth-order valence-electron chi connectivity index (χ4n) is 1.15. The molecule has 1 saturated heterocycles. The summed E-state index contributed by atoms with van der Waals surface area (Å²) in [5, 5.41) is 0. The Kier molecular flexibility index (Phi) is 3.80. The molecule has 0 aromatic rings. The van der Waals surface area contributed by atoms with E-state index < -0.39 is 0 Å². The van der Waals surface area contributed by atoms with Gasteiger partial charge in [0.05, 0.1) is 13.2 Å². The number of hydrogen-bond donors (Lipinski definition) is 0. The van der Waals surface area contributed by atoms with Crippen LogP contribution in [0.3, 0.4) is 0 Å². The van der Waals surface area contributed by atoms with Crippen LogP contribution in [0.4, 0.5) is 0 Å². The van der Waals surface area contributed by atoms with Gasteiger partial charge in [-0.05, 0) is 6.42 Å². The molecule has 1 aliphatic rings. The zero-order chi connectivity index (χ0) is 8.81. The average molecular weight is 169 g/mol. The third kappa shape index (κ3) is 2.66. The lowest BCUT2D eigenvalue weighted by Crippen LogP contribution is -2.32. The van der Waals surface area contributed by atoms with Crippen molar-refractivity contribution in [2.24, 2.45) is 0 Å². The van der Waals surface area contributed by atoms with Gasteiger partial charge in [0.2, 0.25) is 0 Å². The van der Waals surface area contributed by atoms with Crippen molar-refractivity contribution in [2.45, 2.75) is 13.3 Å². The summed E-state index contributed by atoms with van der Waals surface area (Å²) < 4.78 is 5.19. The third-order valence-electron chi connectivity index (χ3n) is 1.95. The summed E-state index contributed by atoms with van der Waals surface area (Å²) in [6.45, 7) is 5.33. The highest BCUT2D eigenvalue weighted by Crippen LogP contribution is 2.02. The molecule has 0 aromatic carbocycles. The van der Waals surface area contributed by atoms with E-state index in [1.54, 1.807) is 0 Å². The Balaban J connectivity index is 2.45. The maximum absolute atomic E-state index is 10.5. The predicted octanol–water partition coefficient (Wildman–Crippen LogP) is 0.811. The minimum Gasteiger partial charge on any atom is -0.378 e. The molecule has 12 heavy (non-hydrogen) atoms. The Labute approximate surface area is 73.0 Å². The van der Waals surface area contributed by atoms with Crippen LogP contribution in [0.15, 0.2) is 11.8 Å². The lowest BCUT2D eigenvalue weighted by Gasteiger charge is -2.25. The van der Waals surface area contributed by atoms with Crippen LogP contribution < -0.4 is 0 Å². The fourth-order valence-corrected chi connectivity index (χ4v) is 1.15. The van der Waals surface area contributed by atoms with Crippen LogP contribution in [0.5, 0.6) is 0 Å². The van der Waals surface area contributed by atoms with Crippen molar-refractivity contribution < 1.29 is 9.53 Å². The van der Waals surface area contributed by atoms with E-state index in [-0.39, 0.29) is 0 Å². The van der Waals surface area contributed by atoms with E-state index >= 15 is 0 Å². The second-order valence-corrected chi connectivity index (χ2v) is 2.82. The number of aldehydes is 1. The first-order valence-corrected chi connectivity index (χ1v) is 4.34. The van der Waals surface area contributed by atoms with Gasteiger partial charge in [0, 0.05) is 24.9 Å². The molecular formula is C9H15NO2. The van der Waals surface area contributed by atoms with E-state index in [1.165, 1.54) is 0 Å². The zero-order valence-electron chi connectivity index (χ0n) is 7.45. The van der Waals surface area contributed by atoms with Crippen molar-refractivity contribution in [2.75, 3.05) is 26.3 Å². The molecule has 0 atom stereocenters. The zero-order valence-corrected chi connectivity index (χ0v) is 7.45. The molecule has 0 amide bonds. The summed E-state index contributed by atoms with van der Waals surface area (Å²) in [5.74, 6) is 0. The van der Waals surface area contributed by atoms with E-state index in [9.17, 15) is 4.79 Å². The quantitative estimate of drug-likeness (QED) is 0.462. The van der Waals surface area contributed by atoms with Gasteiger partial charge < -0.3 is 9.64 Å². The normalized spacial score (nSPS) is 19.4. The highest BCUT2D eigenvalue weighted by molar-refractivity contribution is 5.72.